The maximum absolute atomic E-state index is 12.2. The molecule has 0 unspecified atom stereocenters. The van der Waals surface area contributed by atoms with Gasteiger partial charge in [0.2, 0.25) is 5.91 Å². The maximum Gasteiger partial charge on any atom is 0.248 e. The minimum absolute atomic E-state index is 0.190. The third-order valence-electron chi connectivity index (χ3n) is 3.90. The van der Waals surface area contributed by atoms with E-state index in [0.717, 1.165) is 29.0 Å². The Bertz CT molecular complexity index is 891. The van der Waals surface area contributed by atoms with Crippen LogP contribution in [0.4, 0.5) is 5.69 Å². The number of pyridine rings is 1. The van der Waals surface area contributed by atoms with Crippen molar-refractivity contribution in [1.82, 2.24) is 4.98 Å². The molecule has 0 aliphatic carbocycles. The van der Waals surface area contributed by atoms with Crippen molar-refractivity contribution in [3.63, 3.8) is 0 Å². The van der Waals surface area contributed by atoms with E-state index in [-0.39, 0.29) is 5.91 Å². The van der Waals surface area contributed by atoms with Gasteiger partial charge in [0.05, 0.1) is 7.11 Å². The Kier molecular flexibility index (Phi) is 5.78. The highest BCUT2D eigenvalue weighted by molar-refractivity contribution is 6.02. The van der Waals surface area contributed by atoms with Crippen molar-refractivity contribution in [3.8, 4) is 5.75 Å². The Morgan fingerprint density at radius 2 is 1.96 bits per heavy atom. The number of nitrogens with one attached hydrogen (secondary N) is 1. The summed E-state index contributed by atoms with van der Waals surface area (Å²) in [6.45, 7) is 0. The standard InChI is InChI=1S/C22H20N2O2/c1-26-21-11-10-20(15-19(21)14-17-6-3-2-4-7-17)24-22(25)12-9-18-8-5-13-23-16-18/h2-13,15-16H,14H2,1H3,(H,24,25)/b12-9+. The molecule has 130 valence electrons. The number of carbonyl (C=O) groups is 1. The highest BCUT2D eigenvalue weighted by atomic mass is 16.5. The molecule has 1 heterocycles. The van der Waals surface area contributed by atoms with Gasteiger partial charge in [0.1, 0.15) is 5.75 Å². The summed E-state index contributed by atoms with van der Waals surface area (Å²) in [5, 5.41) is 2.89. The zero-order valence-electron chi connectivity index (χ0n) is 14.6. The number of methoxy groups -OCH3 is 1. The number of ether oxygens (including phenoxy) is 1. The molecule has 0 aliphatic rings. The summed E-state index contributed by atoms with van der Waals surface area (Å²) in [5.41, 5.74) is 3.82. The summed E-state index contributed by atoms with van der Waals surface area (Å²) < 4.78 is 5.45. The van der Waals surface area contributed by atoms with E-state index in [0.29, 0.717) is 0 Å². The highest BCUT2D eigenvalue weighted by Crippen LogP contribution is 2.25. The fourth-order valence-corrected chi connectivity index (χ4v) is 2.64. The van der Waals surface area contributed by atoms with E-state index in [1.807, 2.05) is 48.5 Å². The smallest absolute Gasteiger partial charge is 0.248 e. The van der Waals surface area contributed by atoms with E-state index in [1.165, 1.54) is 11.6 Å². The first-order valence-electron chi connectivity index (χ1n) is 8.34. The zero-order valence-corrected chi connectivity index (χ0v) is 14.6. The fraction of sp³-hybridized carbons (Fsp3) is 0.0909. The number of hydrogen-bond acceptors (Lipinski definition) is 3. The van der Waals surface area contributed by atoms with Crippen molar-refractivity contribution in [1.29, 1.82) is 0 Å². The SMILES string of the molecule is COc1ccc(NC(=O)/C=C/c2cccnc2)cc1Cc1ccccc1. The Balaban J connectivity index is 1.73. The van der Waals surface area contributed by atoms with Crippen LogP contribution in [0.2, 0.25) is 0 Å². The van der Waals surface area contributed by atoms with Gasteiger partial charge in [-0.1, -0.05) is 36.4 Å². The van der Waals surface area contributed by atoms with Crippen LogP contribution in [-0.4, -0.2) is 18.0 Å². The second-order valence-electron chi connectivity index (χ2n) is 5.80. The van der Waals surface area contributed by atoms with Crippen molar-refractivity contribution < 1.29 is 9.53 Å². The van der Waals surface area contributed by atoms with Gasteiger partial charge in [-0.25, -0.2) is 0 Å². The Morgan fingerprint density at radius 1 is 1.12 bits per heavy atom. The number of carbonyl (C=O) groups excluding carboxylic acids is 1. The van der Waals surface area contributed by atoms with Crippen LogP contribution in [0, 0.1) is 0 Å². The first-order chi connectivity index (χ1) is 12.7. The summed E-state index contributed by atoms with van der Waals surface area (Å²) in [7, 11) is 1.65. The molecular weight excluding hydrogens is 324 g/mol. The molecule has 0 aliphatic heterocycles. The van der Waals surface area contributed by atoms with Crippen LogP contribution in [0.1, 0.15) is 16.7 Å². The van der Waals surface area contributed by atoms with Crippen LogP contribution in [0.15, 0.2) is 79.1 Å². The number of benzene rings is 2. The number of amides is 1. The molecule has 0 spiro atoms. The molecule has 0 saturated carbocycles. The lowest BCUT2D eigenvalue weighted by Crippen LogP contribution is -2.08. The Labute approximate surface area is 153 Å². The van der Waals surface area contributed by atoms with Crippen LogP contribution in [-0.2, 0) is 11.2 Å². The van der Waals surface area contributed by atoms with E-state index in [1.54, 1.807) is 25.6 Å². The number of aromatic nitrogens is 1. The molecular formula is C22H20N2O2. The van der Waals surface area contributed by atoms with Crippen molar-refractivity contribution >= 4 is 17.7 Å². The van der Waals surface area contributed by atoms with Gasteiger partial charge < -0.3 is 10.1 Å². The first-order valence-corrected chi connectivity index (χ1v) is 8.34. The average molecular weight is 344 g/mol. The van der Waals surface area contributed by atoms with Crippen LogP contribution in [0.5, 0.6) is 5.75 Å². The van der Waals surface area contributed by atoms with Crippen molar-refractivity contribution in [2.75, 3.05) is 12.4 Å². The zero-order chi connectivity index (χ0) is 18.2. The minimum atomic E-state index is -0.190. The average Bonchev–Trinajstić information content (AvgIpc) is 2.68. The third-order valence-corrected chi connectivity index (χ3v) is 3.90. The molecule has 1 N–H and O–H groups in total. The molecule has 26 heavy (non-hydrogen) atoms. The molecule has 0 atom stereocenters. The molecule has 4 heteroatoms. The lowest BCUT2D eigenvalue weighted by atomic mass is 10.0. The topological polar surface area (TPSA) is 51.2 Å². The third kappa shape index (κ3) is 4.80. The van der Waals surface area contributed by atoms with E-state index >= 15 is 0 Å². The Morgan fingerprint density at radius 3 is 2.69 bits per heavy atom. The van der Waals surface area contributed by atoms with Gasteiger partial charge in [0.15, 0.2) is 0 Å². The van der Waals surface area contributed by atoms with Crippen LogP contribution >= 0.6 is 0 Å². The first kappa shape index (κ1) is 17.4. The number of anilines is 1. The molecule has 1 aromatic heterocycles. The molecule has 2 aromatic carbocycles. The van der Waals surface area contributed by atoms with Gasteiger partial charge in [0, 0.05) is 36.1 Å². The molecule has 3 aromatic rings. The van der Waals surface area contributed by atoms with E-state index in [4.69, 9.17) is 4.74 Å². The lowest BCUT2D eigenvalue weighted by molar-refractivity contribution is -0.111. The number of hydrogen-bond donors (Lipinski definition) is 1. The molecule has 4 nitrogen and oxygen atoms in total. The normalized spacial score (nSPS) is 10.7. The second kappa shape index (κ2) is 8.62. The van der Waals surface area contributed by atoms with Crippen molar-refractivity contribution in [2.45, 2.75) is 6.42 Å². The fourth-order valence-electron chi connectivity index (χ4n) is 2.64. The summed E-state index contributed by atoms with van der Waals surface area (Å²) in [6.07, 6.45) is 7.37. The van der Waals surface area contributed by atoms with Crippen molar-refractivity contribution in [3.05, 3.63) is 95.8 Å². The van der Waals surface area contributed by atoms with Gasteiger partial charge in [0.25, 0.3) is 0 Å². The molecule has 0 fully saturated rings. The van der Waals surface area contributed by atoms with Crippen molar-refractivity contribution in [2.24, 2.45) is 0 Å². The van der Waals surface area contributed by atoms with Gasteiger partial charge >= 0.3 is 0 Å². The second-order valence-corrected chi connectivity index (χ2v) is 5.80. The largest absolute Gasteiger partial charge is 0.496 e. The number of rotatable bonds is 6. The quantitative estimate of drug-likeness (QED) is 0.677. The van der Waals surface area contributed by atoms with Gasteiger partial charge in [-0.3, -0.25) is 9.78 Å². The molecule has 0 saturated heterocycles. The van der Waals surface area contributed by atoms with Gasteiger partial charge in [-0.05, 0) is 41.5 Å². The molecule has 0 radical (unpaired) electrons. The lowest BCUT2D eigenvalue weighted by Gasteiger charge is -2.11. The summed E-state index contributed by atoms with van der Waals surface area (Å²) in [5.74, 6) is 0.613. The predicted molar refractivity (Wildman–Crippen MR) is 104 cm³/mol. The van der Waals surface area contributed by atoms with Crippen LogP contribution in [0.25, 0.3) is 6.08 Å². The number of nitrogens with zero attached hydrogens (tertiary/aromatic N) is 1. The summed E-state index contributed by atoms with van der Waals surface area (Å²) in [4.78, 5) is 16.2. The monoisotopic (exact) mass is 344 g/mol. The van der Waals surface area contributed by atoms with E-state index < -0.39 is 0 Å². The molecule has 0 bridgehead atoms. The maximum atomic E-state index is 12.2. The van der Waals surface area contributed by atoms with E-state index in [2.05, 4.69) is 22.4 Å². The van der Waals surface area contributed by atoms with Crippen LogP contribution < -0.4 is 10.1 Å². The molecule has 3 rings (SSSR count). The highest BCUT2D eigenvalue weighted by Gasteiger charge is 2.07. The molecule has 1 amide bonds. The van der Waals surface area contributed by atoms with Crippen LogP contribution in [0.3, 0.4) is 0 Å². The minimum Gasteiger partial charge on any atom is -0.496 e. The summed E-state index contributed by atoms with van der Waals surface area (Å²) in [6, 6.07) is 19.5. The predicted octanol–water partition coefficient (Wildman–Crippen LogP) is 4.33. The Hall–Kier alpha value is -3.40. The van der Waals surface area contributed by atoms with Gasteiger partial charge in [-0.2, -0.15) is 0 Å². The van der Waals surface area contributed by atoms with E-state index in [9.17, 15) is 4.79 Å². The summed E-state index contributed by atoms with van der Waals surface area (Å²) >= 11 is 0. The van der Waals surface area contributed by atoms with Gasteiger partial charge in [-0.15, -0.1) is 0 Å².